The molecule has 0 atom stereocenters. The Bertz CT molecular complexity index is 914. The number of benzene rings is 1. The molecule has 2 heterocycles. The van der Waals surface area contributed by atoms with E-state index in [1.165, 1.54) is 17.6 Å². The van der Waals surface area contributed by atoms with Crippen LogP contribution in [0.4, 0.5) is 0 Å². The van der Waals surface area contributed by atoms with Crippen LogP contribution in [-0.4, -0.2) is 24.7 Å². The number of ether oxygens (including phenoxy) is 3. The number of carbonyl (C=O) groups is 1. The summed E-state index contributed by atoms with van der Waals surface area (Å²) in [4.78, 5) is 17.2. The number of hydrogen-bond donors (Lipinski definition) is 0. The number of allylic oxidation sites excluding steroid dienone is 1. The first-order chi connectivity index (χ1) is 13.2. The molecule has 1 aromatic carbocycles. The Morgan fingerprint density at radius 2 is 2.19 bits per heavy atom. The van der Waals surface area contributed by atoms with Gasteiger partial charge in [-0.3, -0.25) is 0 Å². The number of nitrogens with zero attached hydrogens (tertiary/aromatic N) is 1. The lowest BCUT2D eigenvalue weighted by Gasteiger charge is -2.11. The number of aromatic nitrogens is 1. The fourth-order valence-electron chi connectivity index (χ4n) is 2.32. The van der Waals surface area contributed by atoms with Gasteiger partial charge in [-0.15, -0.1) is 11.3 Å². The fourth-order valence-corrected chi connectivity index (χ4v) is 2.97. The van der Waals surface area contributed by atoms with Crippen LogP contribution >= 0.6 is 11.3 Å². The summed E-state index contributed by atoms with van der Waals surface area (Å²) in [7, 11) is 1.55. The lowest BCUT2D eigenvalue weighted by atomic mass is 10.2. The molecule has 3 rings (SSSR count). The third-order valence-electron chi connectivity index (χ3n) is 3.56. The molecule has 0 amide bonds. The molecule has 0 saturated carbocycles. The summed E-state index contributed by atoms with van der Waals surface area (Å²) in [6, 6.07) is 9.30. The maximum absolute atomic E-state index is 11.9. The van der Waals surface area contributed by atoms with Crippen LogP contribution in [0.1, 0.15) is 18.2 Å². The van der Waals surface area contributed by atoms with E-state index in [1.54, 1.807) is 13.2 Å². The normalized spacial score (nSPS) is 10.9. The smallest absolute Gasteiger partial charge is 0.344 e. The van der Waals surface area contributed by atoms with Crippen LogP contribution < -0.4 is 9.47 Å². The molecule has 27 heavy (non-hydrogen) atoms. The van der Waals surface area contributed by atoms with Gasteiger partial charge >= 0.3 is 5.97 Å². The van der Waals surface area contributed by atoms with E-state index in [-0.39, 0.29) is 13.2 Å². The predicted octanol–water partition coefficient (Wildman–Crippen LogP) is 4.57. The molecule has 3 aromatic rings. The summed E-state index contributed by atoms with van der Waals surface area (Å²) < 4.78 is 21.4. The molecule has 0 aliphatic heterocycles. The van der Waals surface area contributed by atoms with Crippen molar-refractivity contribution in [1.82, 2.24) is 4.98 Å². The van der Waals surface area contributed by atoms with E-state index < -0.39 is 5.97 Å². The van der Waals surface area contributed by atoms with Gasteiger partial charge in [0.05, 0.1) is 12.0 Å². The van der Waals surface area contributed by atoms with Crippen molar-refractivity contribution >= 4 is 23.4 Å². The summed E-state index contributed by atoms with van der Waals surface area (Å²) >= 11 is 1.53. The third-order valence-corrected chi connectivity index (χ3v) is 4.41. The minimum Gasteiger partial charge on any atom is -0.493 e. The van der Waals surface area contributed by atoms with Gasteiger partial charge in [0.15, 0.2) is 18.1 Å². The van der Waals surface area contributed by atoms with Gasteiger partial charge in [-0.25, -0.2) is 9.78 Å². The van der Waals surface area contributed by atoms with Crippen molar-refractivity contribution in [2.24, 2.45) is 0 Å². The average Bonchev–Trinajstić information content (AvgIpc) is 3.37. The number of rotatable bonds is 8. The van der Waals surface area contributed by atoms with Gasteiger partial charge in [-0.05, 0) is 36.1 Å². The second kappa shape index (κ2) is 9.05. The second-order valence-corrected chi connectivity index (χ2v) is 6.43. The highest BCUT2D eigenvalue weighted by atomic mass is 32.1. The molecule has 0 unspecified atom stereocenters. The number of thiophene rings is 1. The van der Waals surface area contributed by atoms with Crippen molar-refractivity contribution in [3.63, 3.8) is 0 Å². The summed E-state index contributed by atoms with van der Waals surface area (Å²) in [6.07, 6.45) is 5.36. The Labute approximate surface area is 161 Å². The Balaban J connectivity index is 1.51. The van der Waals surface area contributed by atoms with Gasteiger partial charge in [-0.1, -0.05) is 24.3 Å². The van der Waals surface area contributed by atoms with Crippen LogP contribution in [-0.2, 0) is 16.1 Å². The van der Waals surface area contributed by atoms with E-state index in [9.17, 15) is 4.79 Å². The van der Waals surface area contributed by atoms with E-state index in [1.807, 2.05) is 48.7 Å². The lowest BCUT2D eigenvalue weighted by molar-refractivity contribution is -0.147. The predicted molar refractivity (Wildman–Crippen MR) is 103 cm³/mol. The summed E-state index contributed by atoms with van der Waals surface area (Å²) in [5, 5.41) is 1.94. The van der Waals surface area contributed by atoms with Crippen LogP contribution in [0.2, 0.25) is 0 Å². The second-order valence-electron chi connectivity index (χ2n) is 5.48. The molecule has 0 aliphatic carbocycles. The first-order valence-corrected chi connectivity index (χ1v) is 9.15. The zero-order valence-corrected chi connectivity index (χ0v) is 15.8. The molecule has 0 bridgehead atoms. The zero-order valence-electron chi connectivity index (χ0n) is 15.0. The summed E-state index contributed by atoms with van der Waals surface area (Å²) in [5.74, 6) is 1.04. The van der Waals surface area contributed by atoms with Gasteiger partial charge in [0.25, 0.3) is 0 Å². The number of esters is 1. The molecule has 0 spiro atoms. The highest BCUT2D eigenvalue weighted by molar-refractivity contribution is 7.13. The third kappa shape index (κ3) is 4.98. The zero-order chi connectivity index (χ0) is 19.1. The first-order valence-electron chi connectivity index (χ1n) is 8.27. The Kier molecular flexibility index (Phi) is 6.27. The van der Waals surface area contributed by atoms with E-state index >= 15 is 0 Å². The molecule has 7 heteroatoms. The van der Waals surface area contributed by atoms with Crippen molar-refractivity contribution in [1.29, 1.82) is 0 Å². The molecule has 0 N–H and O–H groups in total. The fraction of sp³-hybridized carbons (Fsp3) is 0.200. The molecule has 0 saturated heterocycles. The minimum absolute atomic E-state index is 0.0223. The molecule has 2 aromatic heterocycles. The number of hydrogen-bond acceptors (Lipinski definition) is 7. The molecule has 0 radical (unpaired) electrons. The van der Waals surface area contributed by atoms with E-state index in [0.717, 1.165) is 10.4 Å². The SMILES string of the molecule is C/C=C/c1ccc(OCC(=O)OCc2coc(-c3cccs3)n2)c(OC)c1. The number of methoxy groups -OCH3 is 1. The van der Waals surface area contributed by atoms with Crippen molar-refractivity contribution < 1.29 is 23.4 Å². The molecule has 140 valence electrons. The Morgan fingerprint density at radius 3 is 2.93 bits per heavy atom. The van der Waals surface area contributed by atoms with Crippen LogP contribution in [0.5, 0.6) is 11.5 Å². The minimum atomic E-state index is -0.504. The molecule has 6 nitrogen and oxygen atoms in total. The molecular formula is C20H19NO5S. The maximum Gasteiger partial charge on any atom is 0.344 e. The topological polar surface area (TPSA) is 70.8 Å². The van der Waals surface area contributed by atoms with Crippen molar-refractivity contribution in [2.75, 3.05) is 13.7 Å². The van der Waals surface area contributed by atoms with Crippen molar-refractivity contribution in [3.8, 4) is 22.3 Å². The maximum atomic E-state index is 11.9. The quantitative estimate of drug-likeness (QED) is 0.529. The average molecular weight is 385 g/mol. The Morgan fingerprint density at radius 1 is 1.30 bits per heavy atom. The number of carbonyl (C=O) groups excluding carboxylic acids is 1. The van der Waals surface area contributed by atoms with Gasteiger partial charge in [0, 0.05) is 0 Å². The lowest BCUT2D eigenvalue weighted by Crippen LogP contribution is -2.15. The van der Waals surface area contributed by atoms with Gasteiger partial charge in [-0.2, -0.15) is 0 Å². The van der Waals surface area contributed by atoms with Crippen LogP contribution in [0, 0.1) is 0 Å². The highest BCUT2D eigenvalue weighted by Crippen LogP contribution is 2.28. The molecule has 0 aliphatic rings. The number of oxazole rings is 1. The summed E-state index contributed by atoms with van der Waals surface area (Å²) in [6.45, 7) is 1.73. The largest absolute Gasteiger partial charge is 0.493 e. The van der Waals surface area contributed by atoms with Crippen LogP contribution in [0.3, 0.4) is 0 Å². The summed E-state index contributed by atoms with van der Waals surface area (Å²) in [5.41, 5.74) is 1.52. The molecular weight excluding hydrogens is 366 g/mol. The van der Waals surface area contributed by atoms with E-state index in [0.29, 0.717) is 23.1 Å². The monoisotopic (exact) mass is 385 g/mol. The van der Waals surface area contributed by atoms with E-state index in [4.69, 9.17) is 18.6 Å². The van der Waals surface area contributed by atoms with E-state index in [2.05, 4.69) is 4.98 Å². The van der Waals surface area contributed by atoms with Gasteiger partial charge in [0.1, 0.15) is 18.6 Å². The van der Waals surface area contributed by atoms with Gasteiger partial charge in [0.2, 0.25) is 5.89 Å². The first kappa shape index (κ1) is 18.7. The van der Waals surface area contributed by atoms with Crippen molar-refractivity contribution in [3.05, 3.63) is 59.3 Å². The standard InChI is InChI=1S/C20H19NO5S/c1-3-5-14-7-8-16(17(10-14)23-2)24-13-19(22)25-11-15-12-26-20(21-15)18-6-4-9-27-18/h3-10,12H,11,13H2,1-2H3/b5-3+. The van der Waals surface area contributed by atoms with Crippen LogP contribution in [0.15, 0.2) is 52.5 Å². The Hall–Kier alpha value is -3.06. The van der Waals surface area contributed by atoms with Crippen LogP contribution in [0.25, 0.3) is 16.8 Å². The van der Waals surface area contributed by atoms with Crippen molar-refractivity contribution in [2.45, 2.75) is 13.5 Å². The highest BCUT2D eigenvalue weighted by Gasteiger charge is 2.12. The molecule has 0 fully saturated rings. The van der Waals surface area contributed by atoms with Gasteiger partial charge < -0.3 is 18.6 Å².